The number of H-pyrrole nitrogens is 1. The molecule has 0 saturated carbocycles. The third kappa shape index (κ3) is 3.21. The first-order valence-corrected chi connectivity index (χ1v) is 8.04. The number of urea groups is 1. The standard InChI is InChI=1S/C17H21FN4O/c1-2-3-9-19-17(23)22-10-8-15-13(11-22)16(21-20-15)12-6-4-5-7-14(12)18/h4-7H,2-3,8-11H2,1H3,(H,19,23)(H,20,21). The van der Waals surface area contributed by atoms with Crippen molar-refractivity contribution in [1.82, 2.24) is 20.4 Å². The van der Waals surface area contributed by atoms with Crippen molar-refractivity contribution in [2.75, 3.05) is 13.1 Å². The Morgan fingerprint density at radius 1 is 1.43 bits per heavy atom. The molecule has 2 N–H and O–H groups in total. The predicted octanol–water partition coefficient (Wildman–Crippen LogP) is 3.08. The fourth-order valence-electron chi connectivity index (χ4n) is 2.83. The highest BCUT2D eigenvalue weighted by atomic mass is 19.1. The molecule has 5 nitrogen and oxygen atoms in total. The van der Waals surface area contributed by atoms with Gasteiger partial charge in [0, 0.05) is 36.3 Å². The maximum absolute atomic E-state index is 14.0. The van der Waals surface area contributed by atoms with Crippen LogP contribution < -0.4 is 5.32 Å². The highest BCUT2D eigenvalue weighted by Gasteiger charge is 2.26. The molecule has 1 aliphatic rings. The molecule has 0 spiro atoms. The third-order valence-electron chi connectivity index (χ3n) is 4.16. The van der Waals surface area contributed by atoms with Crippen LogP contribution >= 0.6 is 0 Å². The second kappa shape index (κ2) is 6.81. The molecule has 6 heteroatoms. The lowest BCUT2D eigenvalue weighted by Gasteiger charge is -2.27. The lowest BCUT2D eigenvalue weighted by molar-refractivity contribution is 0.192. The summed E-state index contributed by atoms with van der Waals surface area (Å²) < 4.78 is 14.0. The molecule has 2 amide bonds. The van der Waals surface area contributed by atoms with Crippen molar-refractivity contribution >= 4 is 6.03 Å². The second-order valence-electron chi connectivity index (χ2n) is 5.77. The molecule has 0 unspecified atom stereocenters. The van der Waals surface area contributed by atoms with Gasteiger partial charge in [-0.2, -0.15) is 5.10 Å². The van der Waals surface area contributed by atoms with Gasteiger partial charge in [-0.3, -0.25) is 5.10 Å². The van der Waals surface area contributed by atoms with E-state index in [2.05, 4.69) is 22.4 Å². The number of fused-ring (bicyclic) bond motifs is 1. The number of nitrogens with one attached hydrogen (secondary N) is 2. The molecule has 2 aromatic rings. The summed E-state index contributed by atoms with van der Waals surface area (Å²) in [5, 5.41) is 10.2. The molecule has 0 saturated heterocycles. The smallest absolute Gasteiger partial charge is 0.317 e. The number of carbonyl (C=O) groups excluding carboxylic acids is 1. The second-order valence-corrected chi connectivity index (χ2v) is 5.77. The molecule has 0 fully saturated rings. The van der Waals surface area contributed by atoms with Crippen LogP contribution in [-0.2, 0) is 13.0 Å². The highest BCUT2D eigenvalue weighted by molar-refractivity contribution is 5.75. The SMILES string of the molecule is CCCCNC(=O)N1CCc2[nH]nc(-c3ccccc3F)c2C1. The number of nitrogens with zero attached hydrogens (tertiary/aromatic N) is 2. The normalized spacial score (nSPS) is 13.7. The Kier molecular flexibility index (Phi) is 4.60. The van der Waals surface area contributed by atoms with Crippen LogP contribution in [-0.4, -0.2) is 34.2 Å². The zero-order chi connectivity index (χ0) is 16.2. The molecule has 23 heavy (non-hydrogen) atoms. The molecule has 0 radical (unpaired) electrons. The van der Waals surface area contributed by atoms with Crippen molar-refractivity contribution in [2.45, 2.75) is 32.7 Å². The molecule has 1 aliphatic heterocycles. The average Bonchev–Trinajstić information content (AvgIpc) is 2.98. The molecule has 122 valence electrons. The van der Waals surface area contributed by atoms with Crippen molar-refractivity contribution in [1.29, 1.82) is 0 Å². The quantitative estimate of drug-likeness (QED) is 0.852. The summed E-state index contributed by atoms with van der Waals surface area (Å²) in [7, 11) is 0. The maximum Gasteiger partial charge on any atom is 0.317 e. The number of amides is 2. The van der Waals surface area contributed by atoms with Crippen LogP contribution in [0.1, 0.15) is 31.0 Å². The predicted molar refractivity (Wildman–Crippen MR) is 86.4 cm³/mol. The van der Waals surface area contributed by atoms with Crippen molar-refractivity contribution in [3.8, 4) is 11.3 Å². The van der Waals surface area contributed by atoms with Crippen molar-refractivity contribution < 1.29 is 9.18 Å². The molecular weight excluding hydrogens is 295 g/mol. The summed E-state index contributed by atoms with van der Waals surface area (Å²) in [5.41, 5.74) is 2.97. The number of halogens is 1. The van der Waals surface area contributed by atoms with E-state index in [1.807, 2.05) is 0 Å². The zero-order valence-electron chi connectivity index (χ0n) is 13.2. The fraction of sp³-hybridized carbons (Fsp3) is 0.412. The van der Waals surface area contributed by atoms with E-state index in [1.54, 1.807) is 23.1 Å². The lowest BCUT2D eigenvalue weighted by atomic mass is 10.0. The van der Waals surface area contributed by atoms with Gasteiger partial charge in [-0.15, -0.1) is 0 Å². The first-order valence-electron chi connectivity index (χ1n) is 8.04. The van der Waals surface area contributed by atoms with E-state index in [4.69, 9.17) is 0 Å². The summed E-state index contributed by atoms with van der Waals surface area (Å²) in [6, 6.07) is 6.52. The molecular formula is C17H21FN4O. The van der Waals surface area contributed by atoms with E-state index in [9.17, 15) is 9.18 Å². The molecule has 2 heterocycles. The molecule has 0 aliphatic carbocycles. The van der Waals surface area contributed by atoms with Gasteiger partial charge in [-0.1, -0.05) is 25.5 Å². The summed E-state index contributed by atoms with van der Waals surface area (Å²) in [5.74, 6) is -0.300. The van der Waals surface area contributed by atoms with Crippen LogP contribution in [0.2, 0.25) is 0 Å². The van der Waals surface area contributed by atoms with Gasteiger partial charge in [0.05, 0.1) is 6.54 Å². The monoisotopic (exact) mass is 316 g/mol. The molecule has 1 aromatic heterocycles. The van der Waals surface area contributed by atoms with Crippen molar-refractivity contribution in [2.24, 2.45) is 0 Å². The number of hydrogen-bond acceptors (Lipinski definition) is 2. The summed E-state index contributed by atoms with van der Waals surface area (Å²) >= 11 is 0. The largest absolute Gasteiger partial charge is 0.338 e. The highest BCUT2D eigenvalue weighted by Crippen LogP contribution is 2.29. The minimum atomic E-state index is -0.300. The number of aromatic nitrogens is 2. The minimum absolute atomic E-state index is 0.0650. The molecule has 1 aromatic carbocycles. The molecule has 0 bridgehead atoms. The van der Waals surface area contributed by atoms with E-state index in [0.29, 0.717) is 37.3 Å². The van der Waals surface area contributed by atoms with Gasteiger partial charge in [0.15, 0.2) is 0 Å². The molecule has 3 rings (SSSR count). The number of hydrogen-bond donors (Lipinski definition) is 2. The number of aromatic amines is 1. The van der Waals surface area contributed by atoms with Gasteiger partial charge in [-0.05, 0) is 18.6 Å². The van der Waals surface area contributed by atoms with E-state index in [0.717, 1.165) is 24.1 Å². The zero-order valence-corrected chi connectivity index (χ0v) is 13.2. The Bertz CT molecular complexity index is 698. The summed E-state index contributed by atoms with van der Waals surface area (Å²) in [6.07, 6.45) is 2.72. The van der Waals surface area contributed by atoms with Crippen molar-refractivity contribution in [3.63, 3.8) is 0 Å². The Morgan fingerprint density at radius 2 is 2.26 bits per heavy atom. The number of rotatable bonds is 4. The number of unbranched alkanes of at least 4 members (excludes halogenated alkanes) is 1. The van der Waals surface area contributed by atoms with Crippen LogP contribution in [0.25, 0.3) is 11.3 Å². The van der Waals surface area contributed by atoms with E-state index in [1.165, 1.54) is 6.07 Å². The Labute approximate surface area is 134 Å². The van der Waals surface area contributed by atoms with Crippen LogP contribution in [0, 0.1) is 5.82 Å². The van der Waals surface area contributed by atoms with Crippen LogP contribution in [0.3, 0.4) is 0 Å². The molecule has 0 atom stereocenters. The Morgan fingerprint density at radius 3 is 3.04 bits per heavy atom. The lowest BCUT2D eigenvalue weighted by Crippen LogP contribution is -2.43. The van der Waals surface area contributed by atoms with E-state index in [-0.39, 0.29) is 11.8 Å². The maximum atomic E-state index is 14.0. The van der Waals surface area contributed by atoms with Gasteiger partial charge in [0.25, 0.3) is 0 Å². The van der Waals surface area contributed by atoms with Crippen LogP contribution in [0.15, 0.2) is 24.3 Å². The topological polar surface area (TPSA) is 61.0 Å². The Hall–Kier alpha value is -2.37. The van der Waals surface area contributed by atoms with Crippen LogP contribution in [0.5, 0.6) is 0 Å². The fourth-order valence-corrected chi connectivity index (χ4v) is 2.83. The van der Waals surface area contributed by atoms with Gasteiger partial charge in [0.2, 0.25) is 0 Å². The number of carbonyl (C=O) groups is 1. The van der Waals surface area contributed by atoms with Gasteiger partial charge >= 0.3 is 6.03 Å². The van der Waals surface area contributed by atoms with Gasteiger partial charge in [0.1, 0.15) is 11.5 Å². The van der Waals surface area contributed by atoms with Gasteiger partial charge in [-0.25, -0.2) is 9.18 Å². The van der Waals surface area contributed by atoms with E-state index >= 15 is 0 Å². The van der Waals surface area contributed by atoms with E-state index < -0.39 is 0 Å². The summed E-state index contributed by atoms with van der Waals surface area (Å²) in [6.45, 7) is 3.87. The van der Waals surface area contributed by atoms with Gasteiger partial charge < -0.3 is 10.2 Å². The third-order valence-corrected chi connectivity index (χ3v) is 4.16. The average molecular weight is 316 g/mol. The van der Waals surface area contributed by atoms with Crippen LogP contribution in [0.4, 0.5) is 9.18 Å². The number of benzene rings is 1. The summed E-state index contributed by atoms with van der Waals surface area (Å²) in [4.78, 5) is 14.0. The Balaban J connectivity index is 1.79. The first-order chi connectivity index (χ1) is 11.2. The first kappa shape index (κ1) is 15.5. The van der Waals surface area contributed by atoms with Crippen molar-refractivity contribution in [3.05, 3.63) is 41.3 Å². The minimum Gasteiger partial charge on any atom is -0.338 e.